The number of carbonyl (C=O) groups is 1. The Morgan fingerprint density at radius 2 is 2.11 bits per heavy atom. The van der Waals surface area contributed by atoms with E-state index >= 15 is 0 Å². The minimum atomic E-state index is -1.08. The van der Waals surface area contributed by atoms with Crippen molar-refractivity contribution < 1.29 is 9.90 Å². The van der Waals surface area contributed by atoms with E-state index < -0.39 is 12.5 Å². The second-order valence-corrected chi connectivity index (χ2v) is 5.50. The summed E-state index contributed by atoms with van der Waals surface area (Å²) in [4.78, 5) is 23.0. The van der Waals surface area contributed by atoms with Crippen LogP contribution in [0.3, 0.4) is 0 Å². The zero-order chi connectivity index (χ0) is 14.2. The summed E-state index contributed by atoms with van der Waals surface area (Å²) >= 11 is 3.37. The highest BCUT2D eigenvalue weighted by Gasteiger charge is 2.14. The van der Waals surface area contributed by atoms with Crippen molar-refractivity contribution in [3.8, 4) is 0 Å². The van der Waals surface area contributed by atoms with E-state index in [1.54, 1.807) is 12.1 Å². The molecule has 6 heteroatoms. The van der Waals surface area contributed by atoms with Crippen LogP contribution >= 0.6 is 15.9 Å². The average Bonchev–Trinajstić information content (AvgIpc) is 2.31. The lowest BCUT2D eigenvalue weighted by molar-refractivity contribution is -0.138. The summed E-state index contributed by atoms with van der Waals surface area (Å²) in [5, 5.41) is 14.3. The van der Waals surface area contributed by atoms with Crippen LogP contribution in [0, 0.1) is 0 Å². The van der Waals surface area contributed by atoms with Gasteiger partial charge in [0.05, 0.1) is 11.1 Å². The van der Waals surface area contributed by atoms with Crippen LogP contribution in [0.15, 0.2) is 27.5 Å². The second-order valence-electron chi connectivity index (χ2n) is 4.59. The van der Waals surface area contributed by atoms with Crippen LogP contribution in [-0.4, -0.2) is 20.9 Å². The van der Waals surface area contributed by atoms with Gasteiger partial charge in [-0.1, -0.05) is 29.8 Å². The first-order valence-electron chi connectivity index (χ1n) is 5.82. The first-order chi connectivity index (χ1) is 8.90. The van der Waals surface area contributed by atoms with Crippen molar-refractivity contribution >= 4 is 32.7 Å². The minimum Gasteiger partial charge on any atom is -0.480 e. The number of carboxylic acids is 1. The number of aromatic nitrogens is 2. The fourth-order valence-corrected chi connectivity index (χ4v) is 2.31. The number of halogens is 1. The van der Waals surface area contributed by atoms with E-state index in [9.17, 15) is 9.59 Å². The molecule has 1 N–H and O–H groups in total. The maximum atomic E-state index is 12.2. The Balaban J connectivity index is 2.82. The standard InChI is InChI=1S/C13H13BrN2O3/c1-7(2)12-10-5-8(14)3-4-9(10)13(19)16(15-12)6-11(17)18/h3-5,7H,6H2,1-2H3,(H,17,18). The number of hydrogen-bond donors (Lipinski definition) is 1. The summed E-state index contributed by atoms with van der Waals surface area (Å²) in [5.74, 6) is -0.988. The summed E-state index contributed by atoms with van der Waals surface area (Å²) in [6.07, 6.45) is 0. The average molecular weight is 325 g/mol. The Morgan fingerprint density at radius 1 is 1.42 bits per heavy atom. The largest absolute Gasteiger partial charge is 0.480 e. The molecule has 100 valence electrons. The summed E-state index contributed by atoms with van der Waals surface area (Å²) < 4.78 is 1.87. The van der Waals surface area contributed by atoms with Crippen LogP contribution in [0.25, 0.3) is 10.8 Å². The lowest BCUT2D eigenvalue weighted by Gasteiger charge is -2.12. The number of benzene rings is 1. The van der Waals surface area contributed by atoms with Gasteiger partial charge in [-0.3, -0.25) is 9.59 Å². The fourth-order valence-electron chi connectivity index (χ4n) is 1.95. The molecule has 0 amide bonds. The highest BCUT2D eigenvalue weighted by molar-refractivity contribution is 9.10. The second kappa shape index (κ2) is 5.13. The van der Waals surface area contributed by atoms with Crippen LogP contribution < -0.4 is 5.56 Å². The Morgan fingerprint density at radius 3 is 2.68 bits per heavy atom. The highest BCUT2D eigenvalue weighted by Crippen LogP contribution is 2.24. The zero-order valence-corrected chi connectivity index (χ0v) is 12.1. The summed E-state index contributed by atoms with van der Waals surface area (Å²) in [6, 6.07) is 5.29. The zero-order valence-electron chi connectivity index (χ0n) is 10.6. The lowest BCUT2D eigenvalue weighted by atomic mass is 10.0. The molecule has 2 rings (SSSR count). The summed E-state index contributed by atoms with van der Waals surface area (Å²) in [7, 11) is 0. The van der Waals surface area contributed by atoms with Gasteiger partial charge in [0.2, 0.25) is 0 Å². The quantitative estimate of drug-likeness (QED) is 0.940. The highest BCUT2D eigenvalue weighted by atomic mass is 79.9. The third kappa shape index (κ3) is 2.68. The molecule has 0 aliphatic rings. The number of rotatable bonds is 3. The van der Waals surface area contributed by atoms with E-state index in [-0.39, 0.29) is 11.5 Å². The first-order valence-corrected chi connectivity index (χ1v) is 6.61. The minimum absolute atomic E-state index is 0.0949. The number of fused-ring (bicyclic) bond motifs is 1. The van der Waals surface area contributed by atoms with Gasteiger partial charge in [0.15, 0.2) is 0 Å². The van der Waals surface area contributed by atoms with Gasteiger partial charge in [-0.15, -0.1) is 0 Å². The van der Waals surface area contributed by atoms with Gasteiger partial charge in [0, 0.05) is 9.86 Å². The normalized spacial score (nSPS) is 11.2. The van der Waals surface area contributed by atoms with Crippen LogP contribution in [-0.2, 0) is 11.3 Å². The van der Waals surface area contributed by atoms with E-state index in [0.29, 0.717) is 5.39 Å². The number of hydrogen-bond acceptors (Lipinski definition) is 3. The van der Waals surface area contributed by atoms with Crippen molar-refractivity contribution in [2.75, 3.05) is 0 Å². The molecule has 0 spiro atoms. The van der Waals surface area contributed by atoms with Crippen molar-refractivity contribution in [3.05, 3.63) is 38.7 Å². The van der Waals surface area contributed by atoms with Crippen molar-refractivity contribution in [3.63, 3.8) is 0 Å². The van der Waals surface area contributed by atoms with Crippen LogP contribution in [0.4, 0.5) is 0 Å². The predicted octanol–water partition coefficient (Wildman–Crippen LogP) is 2.37. The molecule has 0 aliphatic heterocycles. The third-order valence-corrected chi connectivity index (χ3v) is 3.28. The van der Waals surface area contributed by atoms with Crippen molar-refractivity contribution in [1.29, 1.82) is 0 Å². The molecular formula is C13H13BrN2O3. The smallest absolute Gasteiger partial charge is 0.325 e. The molecule has 1 aromatic carbocycles. The van der Waals surface area contributed by atoms with Gasteiger partial charge in [0.25, 0.3) is 5.56 Å². The Bertz CT molecular complexity index is 707. The Kier molecular flexibility index (Phi) is 3.71. The first kappa shape index (κ1) is 13.7. The van der Waals surface area contributed by atoms with Crippen molar-refractivity contribution in [1.82, 2.24) is 9.78 Å². The van der Waals surface area contributed by atoms with Gasteiger partial charge in [-0.05, 0) is 24.1 Å². The van der Waals surface area contributed by atoms with Gasteiger partial charge in [0.1, 0.15) is 6.54 Å². The molecule has 1 heterocycles. The molecule has 19 heavy (non-hydrogen) atoms. The number of aliphatic carboxylic acids is 1. The van der Waals surface area contributed by atoms with Gasteiger partial charge in [-0.2, -0.15) is 5.10 Å². The molecule has 5 nitrogen and oxygen atoms in total. The Labute approximate surface area is 118 Å². The monoisotopic (exact) mass is 324 g/mol. The van der Waals surface area contributed by atoms with E-state index in [1.165, 1.54) is 0 Å². The molecule has 0 aliphatic carbocycles. The van der Waals surface area contributed by atoms with Crippen LogP contribution in [0.5, 0.6) is 0 Å². The molecule has 0 atom stereocenters. The van der Waals surface area contributed by atoms with E-state index in [4.69, 9.17) is 5.11 Å². The molecule has 0 unspecified atom stereocenters. The van der Waals surface area contributed by atoms with Crippen molar-refractivity contribution in [2.45, 2.75) is 26.3 Å². The van der Waals surface area contributed by atoms with Gasteiger partial charge in [-0.25, -0.2) is 4.68 Å². The number of carboxylic acid groups (broad SMARTS) is 1. The lowest BCUT2D eigenvalue weighted by Crippen LogP contribution is -2.28. The molecule has 0 saturated carbocycles. The predicted molar refractivity (Wildman–Crippen MR) is 75.4 cm³/mol. The van der Waals surface area contributed by atoms with E-state index in [1.807, 2.05) is 19.9 Å². The summed E-state index contributed by atoms with van der Waals surface area (Å²) in [6.45, 7) is 3.49. The molecule has 2 aromatic rings. The van der Waals surface area contributed by atoms with Gasteiger partial charge < -0.3 is 5.11 Å². The maximum absolute atomic E-state index is 12.2. The Hall–Kier alpha value is -1.69. The fraction of sp³-hybridized carbons (Fsp3) is 0.308. The molecule has 1 aromatic heterocycles. The third-order valence-electron chi connectivity index (χ3n) is 2.78. The molecular weight excluding hydrogens is 312 g/mol. The number of nitrogens with zero attached hydrogens (tertiary/aromatic N) is 2. The molecule has 0 fully saturated rings. The molecule has 0 bridgehead atoms. The SMILES string of the molecule is CC(C)c1nn(CC(=O)O)c(=O)c2ccc(Br)cc12. The van der Waals surface area contributed by atoms with Crippen LogP contribution in [0.1, 0.15) is 25.5 Å². The maximum Gasteiger partial charge on any atom is 0.325 e. The van der Waals surface area contributed by atoms with Crippen LogP contribution in [0.2, 0.25) is 0 Å². The molecule has 0 saturated heterocycles. The summed E-state index contributed by atoms with van der Waals surface area (Å²) in [5.41, 5.74) is 0.339. The topological polar surface area (TPSA) is 72.2 Å². The van der Waals surface area contributed by atoms with Crippen molar-refractivity contribution in [2.24, 2.45) is 0 Å². The van der Waals surface area contributed by atoms with E-state index in [0.717, 1.165) is 20.2 Å². The molecule has 0 radical (unpaired) electrons. The van der Waals surface area contributed by atoms with Gasteiger partial charge >= 0.3 is 5.97 Å². The van der Waals surface area contributed by atoms with E-state index in [2.05, 4.69) is 21.0 Å².